The molecule has 0 bridgehead atoms. The summed E-state index contributed by atoms with van der Waals surface area (Å²) < 4.78 is 24.1. The largest absolute Gasteiger partial charge is 0.326 e. The van der Waals surface area contributed by atoms with Crippen molar-refractivity contribution in [3.63, 3.8) is 0 Å². The fourth-order valence-corrected chi connectivity index (χ4v) is 5.82. The van der Waals surface area contributed by atoms with Crippen molar-refractivity contribution in [1.29, 1.82) is 0 Å². The minimum Gasteiger partial charge on any atom is -0.326 e. The molecule has 114 valence electrons. The van der Waals surface area contributed by atoms with Crippen LogP contribution in [0.3, 0.4) is 0 Å². The lowest BCUT2D eigenvalue weighted by Crippen LogP contribution is -2.44. The Morgan fingerprint density at radius 1 is 1.55 bits per heavy atom. The van der Waals surface area contributed by atoms with Gasteiger partial charge in [-0.25, -0.2) is 8.42 Å². The van der Waals surface area contributed by atoms with Crippen LogP contribution in [0.15, 0.2) is 12.1 Å². The second-order valence-electron chi connectivity index (χ2n) is 5.38. The average Bonchev–Trinajstić information content (AvgIpc) is 2.95. The molecule has 20 heavy (non-hydrogen) atoms. The summed E-state index contributed by atoms with van der Waals surface area (Å²) in [6, 6.07) is 3.90. The van der Waals surface area contributed by atoms with Gasteiger partial charge in [-0.3, -0.25) is 4.90 Å². The number of hydrogen-bond donors (Lipinski definition) is 1. The van der Waals surface area contributed by atoms with Gasteiger partial charge in [0.1, 0.15) is 0 Å². The monoisotopic (exact) mass is 336 g/mol. The molecule has 0 saturated carbocycles. The molecule has 1 fully saturated rings. The highest BCUT2D eigenvalue weighted by atomic mass is 35.5. The lowest BCUT2D eigenvalue weighted by atomic mass is 10.0. The van der Waals surface area contributed by atoms with E-state index in [0.717, 1.165) is 15.6 Å². The molecule has 1 aromatic heterocycles. The van der Waals surface area contributed by atoms with E-state index in [1.165, 1.54) is 11.3 Å². The molecule has 0 radical (unpaired) electrons. The van der Waals surface area contributed by atoms with E-state index in [9.17, 15) is 8.42 Å². The smallest absolute Gasteiger partial charge is 0.151 e. The molecule has 2 heterocycles. The quantitative estimate of drug-likeness (QED) is 0.896. The van der Waals surface area contributed by atoms with Gasteiger partial charge in [-0.15, -0.1) is 11.3 Å². The van der Waals surface area contributed by atoms with Gasteiger partial charge in [-0.05, 0) is 32.0 Å². The third-order valence-corrected chi connectivity index (χ3v) is 7.04. The van der Waals surface area contributed by atoms with Crippen molar-refractivity contribution >= 4 is 32.8 Å². The number of likely N-dealkylation sites (N-methyl/N-ethyl adjacent to an activating group) is 1. The van der Waals surface area contributed by atoms with E-state index in [1.807, 2.05) is 26.1 Å². The van der Waals surface area contributed by atoms with Crippen LogP contribution in [0.5, 0.6) is 0 Å². The van der Waals surface area contributed by atoms with Crippen LogP contribution in [0, 0.1) is 0 Å². The number of rotatable bonds is 5. The normalized spacial score (nSPS) is 24.9. The third kappa shape index (κ3) is 3.54. The van der Waals surface area contributed by atoms with Crippen LogP contribution < -0.4 is 5.73 Å². The number of sulfone groups is 1. The molecule has 2 rings (SSSR count). The molecule has 2 N–H and O–H groups in total. The van der Waals surface area contributed by atoms with Crippen molar-refractivity contribution in [3.05, 3.63) is 21.3 Å². The van der Waals surface area contributed by atoms with Crippen molar-refractivity contribution < 1.29 is 8.42 Å². The molecule has 3 unspecified atom stereocenters. The zero-order valence-electron chi connectivity index (χ0n) is 11.8. The van der Waals surface area contributed by atoms with E-state index >= 15 is 0 Å². The van der Waals surface area contributed by atoms with Crippen LogP contribution in [0.2, 0.25) is 4.34 Å². The molecule has 4 nitrogen and oxygen atoms in total. The Morgan fingerprint density at radius 3 is 2.70 bits per heavy atom. The van der Waals surface area contributed by atoms with E-state index < -0.39 is 9.84 Å². The van der Waals surface area contributed by atoms with Gasteiger partial charge >= 0.3 is 0 Å². The van der Waals surface area contributed by atoms with Crippen molar-refractivity contribution in [2.24, 2.45) is 5.73 Å². The Hall–Kier alpha value is -0.140. The first-order valence-electron chi connectivity index (χ1n) is 6.77. The Labute approximate surface area is 129 Å². The number of hydrogen-bond acceptors (Lipinski definition) is 5. The summed E-state index contributed by atoms with van der Waals surface area (Å²) in [7, 11) is -0.917. The van der Waals surface area contributed by atoms with Crippen LogP contribution >= 0.6 is 22.9 Å². The highest BCUT2D eigenvalue weighted by Crippen LogP contribution is 2.35. The van der Waals surface area contributed by atoms with Crippen LogP contribution in [0.1, 0.15) is 30.7 Å². The minimum atomic E-state index is -2.89. The molecule has 3 atom stereocenters. The summed E-state index contributed by atoms with van der Waals surface area (Å²) in [6.45, 7) is 2.05. The van der Waals surface area contributed by atoms with E-state index in [2.05, 4.69) is 4.90 Å². The molecule has 1 aliphatic rings. The predicted octanol–water partition coefficient (Wildman–Crippen LogP) is 2.30. The second kappa shape index (κ2) is 6.32. The van der Waals surface area contributed by atoms with E-state index in [1.54, 1.807) is 0 Å². The molecular weight excluding hydrogens is 316 g/mol. The standard InChI is InChI=1S/C13H21ClN2O2S2/c1-3-10(15)13(11-4-5-12(14)19-11)16(2)9-6-7-20(17,18)8-9/h4-5,9-10,13H,3,6-8,15H2,1-2H3. The molecular formula is C13H21ClN2O2S2. The maximum atomic E-state index is 11.7. The maximum absolute atomic E-state index is 11.7. The van der Waals surface area contributed by atoms with E-state index in [4.69, 9.17) is 17.3 Å². The topological polar surface area (TPSA) is 63.4 Å². The lowest BCUT2D eigenvalue weighted by molar-refractivity contribution is 0.164. The molecule has 7 heteroatoms. The molecule has 1 aromatic rings. The average molecular weight is 337 g/mol. The van der Waals surface area contributed by atoms with Gasteiger partial charge in [0, 0.05) is 17.0 Å². The van der Waals surface area contributed by atoms with Crippen LogP contribution in [0.4, 0.5) is 0 Å². The highest BCUT2D eigenvalue weighted by molar-refractivity contribution is 7.91. The van der Waals surface area contributed by atoms with Crippen LogP contribution in [0.25, 0.3) is 0 Å². The Bertz CT molecular complexity index is 558. The van der Waals surface area contributed by atoms with Gasteiger partial charge in [-0.1, -0.05) is 18.5 Å². The molecule has 0 amide bonds. The highest BCUT2D eigenvalue weighted by Gasteiger charge is 2.36. The summed E-state index contributed by atoms with van der Waals surface area (Å²) in [5.41, 5.74) is 6.27. The van der Waals surface area contributed by atoms with Gasteiger partial charge in [0.25, 0.3) is 0 Å². The van der Waals surface area contributed by atoms with Gasteiger partial charge in [0.15, 0.2) is 9.84 Å². The van der Waals surface area contributed by atoms with Crippen LogP contribution in [-0.4, -0.2) is 44.0 Å². The zero-order valence-corrected chi connectivity index (χ0v) is 14.1. The Morgan fingerprint density at radius 2 is 2.25 bits per heavy atom. The number of nitrogens with two attached hydrogens (primary N) is 1. The van der Waals surface area contributed by atoms with Crippen molar-refractivity contribution in [3.8, 4) is 0 Å². The summed E-state index contributed by atoms with van der Waals surface area (Å²) in [5, 5.41) is 0. The first-order valence-corrected chi connectivity index (χ1v) is 9.79. The van der Waals surface area contributed by atoms with Gasteiger partial charge in [0.2, 0.25) is 0 Å². The third-order valence-electron chi connectivity index (χ3n) is 3.99. The van der Waals surface area contributed by atoms with Crippen molar-refractivity contribution in [1.82, 2.24) is 4.90 Å². The maximum Gasteiger partial charge on any atom is 0.151 e. The van der Waals surface area contributed by atoms with E-state index in [0.29, 0.717) is 6.42 Å². The number of halogens is 1. The van der Waals surface area contributed by atoms with Crippen molar-refractivity contribution in [2.45, 2.75) is 37.9 Å². The minimum absolute atomic E-state index is 0.0239. The molecule has 0 spiro atoms. The summed E-state index contributed by atoms with van der Waals surface area (Å²) in [4.78, 5) is 3.23. The van der Waals surface area contributed by atoms with Crippen molar-refractivity contribution in [2.75, 3.05) is 18.6 Å². The number of thiophene rings is 1. The SMILES string of the molecule is CCC(N)C(c1ccc(Cl)s1)N(C)C1CCS(=O)(=O)C1. The Kier molecular flexibility index (Phi) is 5.13. The zero-order chi connectivity index (χ0) is 14.9. The Balaban J connectivity index is 2.23. The first kappa shape index (κ1) is 16.2. The fraction of sp³-hybridized carbons (Fsp3) is 0.692. The first-order chi connectivity index (χ1) is 9.34. The lowest BCUT2D eigenvalue weighted by Gasteiger charge is -2.35. The molecule has 1 saturated heterocycles. The molecule has 1 aliphatic heterocycles. The number of nitrogens with zero attached hydrogens (tertiary/aromatic N) is 1. The van der Waals surface area contributed by atoms with Crippen LogP contribution in [-0.2, 0) is 9.84 Å². The summed E-state index contributed by atoms with van der Waals surface area (Å²) >= 11 is 7.55. The summed E-state index contributed by atoms with van der Waals surface area (Å²) in [6.07, 6.45) is 1.52. The van der Waals surface area contributed by atoms with Gasteiger partial charge in [-0.2, -0.15) is 0 Å². The summed E-state index contributed by atoms with van der Waals surface area (Å²) in [5.74, 6) is 0.511. The van der Waals surface area contributed by atoms with Gasteiger partial charge in [0.05, 0.1) is 21.9 Å². The van der Waals surface area contributed by atoms with Gasteiger partial charge < -0.3 is 5.73 Å². The molecule has 0 aromatic carbocycles. The molecule has 0 aliphatic carbocycles. The van der Waals surface area contributed by atoms with E-state index in [-0.39, 0.29) is 29.6 Å². The predicted molar refractivity (Wildman–Crippen MR) is 85.2 cm³/mol. The second-order valence-corrected chi connectivity index (χ2v) is 9.36. The fourth-order valence-electron chi connectivity index (χ4n) is 2.75.